The molecule has 0 aliphatic rings. The molecule has 0 aromatic heterocycles. The molecule has 2 rings (SSSR count). The summed E-state index contributed by atoms with van der Waals surface area (Å²) in [5.41, 5.74) is 5.58. The van der Waals surface area contributed by atoms with E-state index in [9.17, 15) is 17.6 Å². The van der Waals surface area contributed by atoms with Gasteiger partial charge in [0.05, 0.1) is 18.4 Å². The lowest BCUT2D eigenvalue weighted by Crippen LogP contribution is -2.06. The summed E-state index contributed by atoms with van der Waals surface area (Å²) in [5.74, 6) is -0.475. The summed E-state index contributed by atoms with van der Waals surface area (Å²) in [5, 5.41) is 2.82. The fraction of sp³-hybridized carbons (Fsp3) is 0.200. The quantitative estimate of drug-likeness (QED) is 0.837. The molecule has 0 saturated carbocycles. The fourth-order valence-electron chi connectivity index (χ4n) is 1.92. The summed E-state index contributed by atoms with van der Waals surface area (Å²) in [6.45, 7) is 0.0652. The van der Waals surface area contributed by atoms with Gasteiger partial charge in [-0.05, 0) is 30.3 Å². The molecule has 0 aliphatic carbocycles. The van der Waals surface area contributed by atoms with Gasteiger partial charge < -0.3 is 15.8 Å². The zero-order chi connectivity index (χ0) is 16.3. The molecule has 22 heavy (non-hydrogen) atoms. The van der Waals surface area contributed by atoms with Crippen molar-refractivity contribution < 1.29 is 22.3 Å². The average molecular weight is 314 g/mol. The minimum absolute atomic E-state index is 0.0122. The maximum atomic E-state index is 13.7. The fourth-order valence-corrected chi connectivity index (χ4v) is 1.92. The summed E-state index contributed by atoms with van der Waals surface area (Å²) in [4.78, 5) is 0. The first kappa shape index (κ1) is 16.1. The second kappa shape index (κ2) is 6.23. The largest absolute Gasteiger partial charge is 0.495 e. The van der Waals surface area contributed by atoms with Gasteiger partial charge in [0.1, 0.15) is 11.6 Å². The highest BCUT2D eigenvalue weighted by atomic mass is 19.4. The predicted molar refractivity (Wildman–Crippen MR) is 75.6 cm³/mol. The average Bonchev–Trinajstić information content (AvgIpc) is 2.46. The minimum Gasteiger partial charge on any atom is -0.495 e. The summed E-state index contributed by atoms with van der Waals surface area (Å²) < 4.78 is 56.6. The van der Waals surface area contributed by atoms with E-state index in [4.69, 9.17) is 10.5 Å². The Kier molecular flexibility index (Phi) is 4.56. The van der Waals surface area contributed by atoms with Crippen LogP contribution in [0, 0.1) is 5.82 Å². The highest BCUT2D eigenvalue weighted by molar-refractivity contribution is 5.67. The third-order valence-corrected chi connectivity index (χ3v) is 3.08. The number of rotatable bonds is 4. The van der Waals surface area contributed by atoms with Crippen molar-refractivity contribution in [2.75, 3.05) is 12.4 Å². The standard InChI is InChI=1S/C15H14F4N2O/c1-22-14-6-10(15(17,18)19)3-5-13(14)21-11-4-2-9(8-20)12(16)7-11/h2-7,21H,8,20H2,1H3. The van der Waals surface area contributed by atoms with E-state index < -0.39 is 17.6 Å². The SMILES string of the molecule is COc1cc(C(F)(F)F)ccc1Nc1ccc(CN)c(F)c1. The molecule has 0 saturated heterocycles. The van der Waals surface area contributed by atoms with E-state index in [2.05, 4.69) is 5.32 Å². The number of hydrogen-bond donors (Lipinski definition) is 2. The van der Waals surface area contributed by atoms with Crippen LogP contribution in [-0.2, 0) is 12.7 Å². The van der Waals surface area contributed by atoms with Gasteiger partial charge >= 0.3 is 6.18 Å². The third kappa shape index (κ3) is 3.48. The van der Waals surface area contributed by atoms with Gasteiger partial charge in [-0.15, -0.1) is 0 Å². The molecule has 0 spiro atoms. The van der Waals surface area contributed by atoms with E-state index in [-0.39, 0.29) is 12.3 Å². The minimum atomic E-state index is -4.46. The number of halogens is 4. The van der Waals surface area contributed by atoms with Gasteiger partial charge in [-0.25, -0.2) is 4.39 Å². The molecule has 0 heterocycles. The van der Waals surface area contributed by atoms with Crippen LogP contribution in [0.15, 0.2) is 36.4 Å². The lowest BCUT2D eigenvalue weighted by Gasteiger charge is -2.14. The number of alkyl halides is 3. The Balaban J connectivity index is 2.31. The van der Waals surface area contributed by atoms with Crippen molar-refractivity contribution in [3.8, 4) is 5.75 Å². The lowest BCUT2D eigenvalue weighted by atomic mass is 10.1. The second-order valence-corrected chi connectivity index (χ2v) is 4.55. The summed E-state index contributed by atoms with van der Waals surface area (Å²) in [7, 11) is 1.26. The zero-order valence-electron chi connectivity index (χ0n) is 11.7. The number of anilines is 2. The predicted octanol–water partition coefficient (Wildman–Crippen LogP) is 4.06. The molecule has 0 atom stereocenters. The van der Waals surface area contributed by atoms with Crippen molar-refractivity contribution in [3.05, 3.63) is 53.3 Å². The molecule has 3 nitrogen and oxygen atoms in total. The smallest absolute Gasteiger partial charge is 0.416 e. The third-order valence-electron chi connectivity index (χ3n) is 3.08. The van der Waals surface area contributed by atoms with Crippen LogP contribution >= 0.6 is 0 Å². The maximum Gasteiger partial charge on any atom is 0.416 e. The molecule has 0 radical (unpaired) electrons. The van der Waals surface area contributed by atoms with E-state index in [0.29, 0.717) is 16.9 Å². The number of benzene rings is 2. The van der Waals surface area contributed by atoms with Crippen LogP contribution in [0.1, 0.15) is 11.1 Å². The molecule has 0 amide bonds. The first-order chi connectivity index (χ1) is 10.3. The molecule has 7 heteroatoms. The van der Waals surface area contributed by atoms with Crippen molar-refractivity contribution in [1.29, 1.82) is 0 Å². The monoisotopic (exact) mass is 314 g/mol. The second-order valence-electron chi connectivity index (χ2n) is 4.55. The molecular formula is C15H14F4N2O. The van der Waals surface area contributed by atoms with Crippen molar-refractivity contribution >= 4 is 11.4 Å². The number of nitrogens with one attached hydrogen (secondary N) is 1. The van der Waals surface area contributed by atoms with E-state index in [1.54, 1.807) is 6.07 Å². The molecular weight excluding hydrogens is 300 g/mol. The number of nitrogens with two attached hydrogens (primary N) is 1. The number of ether oxygens (including phenoxy) is 1. The van der Waals surface area contributed by atoms with E-state index in [1.807, 2.05) is 0 Å². The highest BCUT2D eigenvalue weighted by Crippen LogP contribution is 2.36. The van der Waals surface area contributed by atoms with Crippen molar-refractivity contribution in [2.45, 2.75) is 12.7 Å². The van der Waals surface area contributed by atoms with Crippen LogP contribution in [0.5, 0.6) is 5.75 Å². The van der Waals surface area contributed by atoms with Crippen LogP contribution in [0.3, 0.4) is 0 Å². The van der Waals surface area contributed by atoms with Crippen molar-refractivity contribution in [1.82, 2.24) is 0 Å². The lowest BCUT2D eigenvalue weighted by molar-refractivity contribution is -0.137. The van der Waals surface area contributed by atoms with Crippen LogP contribution in [-0.4, -0.2) is 7.11 Å². The summed E-state index contributed by atoms with van der Waals surface area (Å²) in [6.07, 6.45) is -4.46. The van der Waals surface area contributed by atoms with Crippen LogP contribution in [0.4, 0.5) is 28.9 Å². The van der Waals surface area contributed by atoms with Gasteiger partial charge in [-0.1, -0.05) is 6.07 Å². The van der Waals surface area contributed by atoms with Crippen LogP contribution < -0.4 is 15.8 Å². The van der Waals surface area contributed by atoms with Crippen LogP contribution in [0.2, 0.25) is 0 Å². The molecule has 0 fully saturated rings. The first-order valence-electron chi connectivity index (χ1n) is 6.36. The molecule has 0 unspecified atom stereocenters. The maximum absolute atomic E-state index is 13.7. The first-order valence-corrected chi connectivity index (χ1v) is 6.36. The Morgan fingerprint density at radius 3 is 2.41 bits per heavy atom. The van der Waals surface area contributed by atoms with E-state index in [0.717, 1.165) is 12.1 Å². The Morgan fingerprint density at radius 2 is 1.86 bits per heavy atom. The Morgan fingerprint density at radius 1 is 1.14 bits per heavy atom. The molecule has 2 aromatic carbocycles. The summed E-state index contributed by atoms with van der Waals surface area (Å²) in [6, 6.07) is 7.36. The highest BCUT2D eigenvalue weighted by Gasteiger charge is 2.31. The molecule has 118 valence electrons. The van der Waals surface area contributed by atoms with E-state index in [1.165, 1.54) is 25.3 Å². The van der Waals surface area contributed by atoms with Crippen LogP contribution in [0.25, 0.3) is 0 Å². The molecule has 3 N–H and O–H groups in total. The topological polar surface area (TPSA) is 47.3 Å². The Labute approximate surface area is 124 Å². The zero-order valence-corrected chi connectivity index (χ0v) is 11.7. The van der Waals surface area contributed by atoms with E-state index >= 15 is 0 Å². The molecule has 2 aromatic rings. The van der Waals surface area contributed by atoms with Gasteiger partial charge in [-0.3, -0.25) is 0 Å². The van der Waals surface area contributed by atoms with Gasteiger partial charge in [0.2, 0.25) is 0 Å². The van der Waals surface area contributed by atoms with Gasteiger partial charge in [0, 0.05) is 17.8 Å². The normalized spacial score (nSPS) is 11.4. The van der Waals surface area contributed by atoms with Crippen molar-refractivity contribution in [3.63, 3.8) is 0 Å². The van der Waals surface area contributed by atoms with Gasteiger partial charge in [0.15, 0.2) is 0 Å². The van der Waals surface area contributed by atoms with Crippen molar-refractivity contribution in [2.24, 2.45) is 5.73 Å². The van der Waals surface area contributed by atoms with Gasteiger partial charge in [-0.2, -0.15) is 13.2 Å². The summed E-state index contributed by atoms with van der Waals surface area (Å²) >= 11 is 0. The Bertz CT molecular complexity index is 671. The van der Waals surface area contributed by atoms with Gasteiger partial charge in [0.25, 0.3) is 0 Å². The Hall–Kier alpha value is -2.28. The molecule has 0 bridgehead atoms. The number of hydrogen-bond acceptors (Lipinski definition) is 3. The molecule has 0 aliphatic heterocycles. The number of methoxy groups -OCH3 is 1.